The van der Waals surface area contributed by atoms with Gasteiger partial charge in [0.25, 0.3) is 10.1 Å². The number of hydrogen-bond acceptors (Lipinski definition) is 4. The third kappa shape index (κ3) is 3.27. The van der Waals surface area contributed by atoms with Gasteiger partial charge in [0.2, 0.25) is 0 Å². The molecule has 0 bridgehead atoms. The highest BCUT2D eigenvalue weighted by molar-refractivity contribution is 7.85. The predicted octanol–water partition coefficient (Wildman–Crippen LogP) is 0.757. The molecule has 84 valence electrons. The maximum atomic E-state index is 10.9. The molecule has 1 unspecified atom stereocenters. The van der Waals surface area contributed by atoms with Gasteiger partial charge >= 0.3 is 11.4 Å². The van der Waals surface area contributed by atoms with Gasteiger partial charge in [-0.15, -0.1) is 0 Å². The van der Waals surface area contributed by atoms with Gasteiger partial charge in [-0.1, -0.05) is 6.07 Å². The van der Waals surface area contributed by atoms with E-state index in [0.717, 1.165) is 6.07 Å². The Hall–Kier alpha value is -0.960. The minimum Gasteiger partial charge on any atom is -0.380 e. The van der Waals surface area contributed by atoms with Crippen LogP contribution in [0, 0.1) is 6.92 Å². The highest BCUT2D eigenvalue weighted by Gasteiger charge is 2.14. The van der Waals surface area contributed by atoms with Gasteiger partial charge in [0, 0.05) is 6.07 Å². The lowest BCUT2D eigenvalue weighted by atomic mass is 10.2. The SMILES string of the molecule is Cc1ccc(OS(=O)O)cc1S(=O)(=O)O. The van der Waals surface area contributed by atoms with Crippen molar-refractivity contribution in [2.75, 3.05) is 0 Å². The van der Waals surface area contributed by atoms with E-state index in [1.807, 2.05) is 0 Å². The molecule has 8 heteroatoms. The Balaban J connectivity index is 3.23. The molecule has 0 heterocycles. The fourth-order valence-corrected chi connectivity index (χ4v) is 2.00. The molecule has 0 aromatic heterocycles. The highest BCUT2D eigenvalue weighted by atomic mass is 32.2. The van der Waals surface area contributed by atoms with Crippen molar-refractivity contribution < 1.29 is 25.9 Å². The average molecular weight is 252 g/mol. The molecule has 1 rings (SSSR count). The van der Waals surface area contributed by atoms with E-state index in [9.17, 15) is 12.6 Å². The summed E-state index contributed by atoms with van der Waals surface area (Å²) in [6, 6.07) is 3.64. The maximum absolute atomic E-state index is 10.9. The third-order valence-corrected chi connectivity index (χ3v) is 2.94. The van der Waals surface area contributed by atoms with E-state index in [-0.39, 0.29) is 10.6 Å². The van der Waals surface area contributed by atoms with E-state index >= 15 is 0 Å². The van der Waals surface area contributed by atoms with Crippen molar-refractivity contribution in [2.45, 2.75) is 11.8 Å². The van der Waals surface area contributed by atoms with E-state index in [0.29, 0.717) is 5.56 Å². The van der Waals surface area contributed by atoms with Gasteiger partial charge in [0.15, 0.2) is 0 Å². The van der Waals surface area contributed by atoms with Gasteiger partial charge < -0.3 is 4.18 Å². The van der Waals surface area contributed by atoms with Gasteiger partial charge in [0.05, 0.1) is 0 Å². The topological polar surface area (TPSA) is 101 Å². The van der Waals surface area contributed by atoms with Crippen molar-refractivity contribution in [2.24, 2.45) is 0 Å². The second-order valence-electron chi connectivity index (χ2n) is 2.70. The molecule has 1 aromatic carbocycles. The molecule has 0 saturated heterocycles. The first kappa shape index (κ1) is 12.1. The molecule has 0 aliphatic rings. The second kappa shape index (κ2) is 4.27. The summed E-state index contributed by atoms with van der Waals surface area (Å²) < 4.78 is 53.6. The van der Waals surface area contributed by atoms with E-state index in [1.165, 1.54) is 19.1 Å². The quantitative estimate of drug-likeness (QED) is 0.608. The van der Waals surface area contributed by atoms with Gasteiger partial charge in [-0.05, 0) is 18.6 Å². The van der Waals surface area contributed by atoms with Crippen LogP contribution < -0.4 is 4.18 Å². The summed E-state index contributed by atoms with van der Waals surface area (Å²) in [7, 11) is -4.35. The van der Waals surface area contributed by atoms with Crippen molar-refractivity contribution in [1.82, 2.24) is 0 Å². The second-order valence-corrected chi connectivity index (χ2v) is 4.69. The summed E-state index contributed by atoms with van der Waals surface area (Å²) in [5.41, 5.74) is 0.313. The van der Waals surface area contributed by atoms with Crippen molar-refractivity contribution in [3.8, 4) is 5.75 Å². The van der Waals surface area contributed by atoms with E-state index in [4.69, 9.17) is 9.11 Å². The van der Waals surface area contributed by atoms with Crippen LogP contribution in [-0.4, -0.2) is 21.7 Å². The first-order valence-corrected chi connectivity index (χ1v) is 6.15. The van der Waals surface area contributed by atoms with Crippen LogP contribution in [0.5, 0.6) is 5.75 Å². The number of rotatable bonds is 3. The zero-order chi connectivity index (χ0) is 11.6. The molecule has 1 atom stereocenters. The molecule has 1 aromatic rings. The zero-order valence-corrected chi connectivity index (χ0v) is 9.21. The van der Waals surface area contributed by atoms with Crippen LogP contribution in [0.2, 0.25) is 0 Å². The molecular weight excluding hydrogens is 244 g/mol. The van der Waals surface area contributed by atoms with Gasteiger partial charge in [-0.3, -0.25) is 9.11 Å². The normalized spacial score (nSPS) is 13.5. The lowest BCUT2D eigenvalue weighted by Gasteiger charge is -2.04. The molecule has 2 N–H and O–H groups in total. The Labute approximate surface area is 89.1 Å². The van der Waals surface area contributed by atoms with Crippen LogP contribution in [-0.2, 0) is 21.5 Å². The molecule has 6 nitrogen and oxygen atoms in total. The van der Waals surface area contributed by atoms with Crippen molar-refractivity contribution in [3.63, 3.8) is 0 Å². The Kier molecular flexibility index (Phi) is 3.45. The van der Waals surface area contributed by atoms with Crippen molar-refractivity contribution >= 4 is 21.5 Å². The smallest absolute Gasteiger partial charge is 0.357 e. The Morgan fingerprint density at radius 3 is 2.47 bits per heavy atom. The number of benzene rings is 1. The molecule has 0 spiro atoms. The predicted molar refractivity (Wildman–Crippen MR) is 52.4 cm³/mol. The lowest BCUT2D eigenvalue weighted by Crippen LogP contribution is -2.03. The van der Waals surface area contributed by atoms with Crippen molar-refractivity contribution in [1.29, 1.82) is 0 Å². The van der Waals surface area contributed by atoms with Crippen LogP contribution in [0.1, 0.15) is 5.56 Å². The van der Waals surface area contributed by atoms with Crippen LogP contribution >= 0.6 is 0 Å². The van der Waals surface area contributed by atoms with Gasteiger partial charge in [-0.2, -0.15) is 12.6 Å². The average Bonchev–Trinajstić information content (AvgIpc) is 2.05. The Morgan fingerprint density at radius 1 is 1.40 bits per heavy atom. The molecule has 0 aliphatic heterocycles. The maximum Gasteiger partial charge on any atom is 0.357 e. The molecule has 0 aliphatic carbocycles. The summed E-state index contributed by atoms with van der Waals surface area (Å²) >= 11 is -2.53. The van der Waals surface area contributed by atoms with E-state index in [1.54, 1.807) is 0 Å². The van der Waals surface area contributed by atoms with Crippen LogP contribution in [0.15, 0.2) is 23.1 Å². The minimum absolute atomic E-state index is 0.117. The zero-order valence-electron chi connectivity index (χ0n) is 7.58. The standard InChI is InChI=1S/C7H8O6S2/c1-5-2-3-6(13-14(8)9)4-7(5)15(10,11)12/h2-4H,1H3,(H,8,9)(H,10,11,12). The lowest BCUT2D eigenvalue weighted by molar-refractivity contribution is 0.455. The van der Waals surface area contributed by atoms with Crippen LogP contribution in [0.25, 0.3) is 0 Å². The molecule has 0 saturated carbocycles. The summed E-state index contributed by atoms with van der Waals surface area (Å²) in [5, 5.41) is 0. The summed E-state index contributed by atoms with van der Waals surface area (Å²) in [6.45, 7) is 1.47. The van der Waals surface area contributed by atoms with Gasteiger partial charge in [0.1, 0.15) is 10.6 Å². The Morgan fingerprint density at radius 2 is 2.00 bits per heavy atom. The summed E-state index contributed by atoms with van der Waals surface area (Å²) in [4.78, 5) is -0.356. The summed E-state index contributed by atoms with van der Waals surface area (Å²) in [5.74, 6) is -0.117. The highest BCUT2D eigenvalue weighted by Crippen LogP contribution is 2.21. The van der Waals surface area contributed by atoms with E-state index < -0.39 is 21.5 Å². The van der Waals surface area contributed by atoms with Crippen molar-refractivity contribution in [3.05, 3.63) is 23.8 Å². The molecule has 0 amide bonds. The van der Waals surface area contributed by atoms with Crippen LogP contribution in [0.3, 0.4) is 0 Å². The minimum atomic E-state index is -4.35. The molecule has 15 heavy (non-hydrogen) atoms. The Bertz CT molecular complexity index is 492. The number of hydrogen-bond donors (Lipinski definition) is 2. The third-order valence-electron chi connectivity index (χ3n) is 1.61. The fourth-order valence-electron chi connectivity index (χ4n) is 0.992. The summed E-state index contributed by atoms with van der Waals surface area (Å²) in [6.07, 6.45) is 0. The first-order valence-electron chi connectivity index (χ1n) is 3.68. The molecule has 0 fully saturated rings. The molecule has 0 radical (unpaired) electrons. The van der Waals surface area contributed by atoms with Gasteiger partial charge in [-0.25, -0.2) is 0 Å². The molecular formula is C7H8O6S2. The monoisotopic (exact) mass is 252 g/mol. The number of aryl methyl sites for hydroxylation is 1. The first-order chi connectivity index (χ1) is 6.80. The largest absolute Gasteiger partial charge is 0.380 e. The fraction of sp³-hybridized carbons (Fsp3) is 0.143. The van der Waals surface area contributed by atoms with E-state index in [2.05, 4.69) is 4.18 Å². The van der Waals surface area contributed by atoms with Crippen LogP contribution in [0.4, 0.5) is 0 Å².